The number of anilines is 1. The van der Waals surface area contributed by atoms with E-state index >= 15 is 0 Å². The molecule has 1 atom stereocenters. The second-order valence-electron chi connectivity index (χ2n) is 10.0. The Hall–Kier alpha value is -4.67. The standard InChI is InChI=1S/C30H28F3N5O3/c1-19-6-7-25(36-29(40)22-4-3-5-24(12-22)30(31,32)33)13-27(19)38-17-23(14-35-38)26-15-34-10-8-28(26)41-18-21-9-11-37(16-21)20(2)39/h3-8,10,12-15,17,21H,9,11,16,18H2,1-2H3,(H,36,40). The molecule has 2 amide bonds. The number of aryl methyl sites for hydroxylation is 1. The summed E-state index contributed by atoms with van der Waals surface area (Å²) in [6, 6.07) is 11.3. The Kier molecular flexibility index (Phi) is 7.78. The number of halogens is 3. The van der Waals surface area contributed by atoms with Gasteiger partial charge in [-0.05, 0) is 55.3 Å². The summed E-state index contributed by atoms with van der Waals surface area (Å²) < 4.78 is 47.0. The van der Waals surface area contributed by atoms with Crippen molar-refractivity contribution in [3.63, 3.8) is 0 Å². The number of likely N-dealkylation sites (tertiary alicyclic amines) is 1. The molecule has 0 radical (unpaired) electrons. The van der Waals surface area contributed by atoms with Crippen LogP contribution in [-0.2, 0) is 11.0 Å². The Balaban J connectivity index is 1.32. The lowest BCUT2D eigenvalue weighted by molar-refractivity contribution is -0.137. The number of benzene rings is 2. The number of rotatable bonds is 7. The van der Waals surface area contributed by atoms with Crippen molar-refractivity contribution in [2.24, 2.45) is 5.92 Å². The molecule has 212 valence electrons. The second-order valence-corrected chi connectivity index (χ2v) is 10.0. The number of ether oxygens (including phenoxy) is 1. The van der Waals surface area contributed by atoms with Crippen LogP contribution in [0.2, 0.25) is 0 Å². The van der Waals surface area contributed by atoms with Crippen LogP contribution < -0.4 is 10.1 Å². The Labute approximate surface area is 234 Å². The van der Waals surface area contributed by atoms with Crippen molar-refractivity contribution < 1.29 is 27.5 Å². The minimum Gasteiger partial charge on any atom is -0.492 e. The third kappa shape index (κ3) is 6.40. The van der Waals surface area contributed by atoms with Gasteiger partial charge in [-0.15, -0.1) is 0 Å². The molecule has 0 saturated carbocycles. The summed E-state index contributed by atoms with van der Waals surface area (Å²) >= 11 is 0. The number of nitrogens with zero attached hydrogens (tertiary/aromatic N) is 4. The van der Waals surface area contributed by atoms with Gasteiger partial charge in [0.1, 0.15) is 5.75 Å². The molecular formula is C30H28F3N5O3. The van der Waals surface area contributed by atoms with Crippen LogP contribution in [0.1, 0.15) is 34.8 Å². The van der Waals surface area contributed by atoms with E-state index < -0.39 is 17.6 Å². The number of amides is 2. The number of nitrogens with one attached hydrogen (secondary N) is 1. The van der Waals surface area contributed by atoms with Gasteiger partial charge in [0.2, 0.25) is 5.91 Å². The van der Waals surface area contributed by atoms with Gasteiger partial charge >= 0.3 is 6.18 Å². The molecule has 2 aromatic heterocycles. The van der Waals surface area contributed by atoms with Gasteiger partial charge < -0.3 is 15.0 Å². The number of carbonyl (C=O) groups excluding carboxylic acids is 2. The van der Waals surface area contributed by atoms with Crippen LogP contribution in [0.5, 0.6) is 5.75 Å². The highest BCUT2D eigenvalue weighted by Gasteiger charge is 2.31. The van der Waals surface area contributed by atoms with Gasteiger partial charge in [0, 0.05) is 66.9 Å². The number of hydrogen-bond acceptors (Lipinski definition) is 5. The molecule has 11 heteroatoms. The highest BCUT2D eigenvalue weighted by atomic mass is 19.4. The zero-order valence-electron chi connectivity index (χ0n) is 22.5. The molecule has 3 heterocycles. The van der Waals surface area contributed by atoms with E-state index in [0.29, 0.717) is 30.3 Å². The molecule has 1 aliphatic rings. The molecule has 8 nitrogen and oxygen atoms in total. The first-order chi connectivity index (χ1) is 19.6. The second kappa shape index (κ2) is 11.4. The Morgan fingerprint density at radius 3 is 2.71 bits per heavy atom. The predicted octanol–water partition coefficient (Wildman–Crippen LogP) is 5.76. The Morgan fingerprint density at radius 2 is 1.95 bits per heavy atom. The van der Waals surface area contributed by atoms with Gasteiger partial charge in [0.25, 0.3) is 5.91 Å². The molecule has 1 unspecified atom stereocenters. The first-order valence-electron chi connectivity index (χ1n) is 13.1. The molecule has 0 spiro atoms. The first-order valence-corrected chi connectivity index (χ1v) is 13.1. The van der Waals surface area contributed by atoms with Crippen molar-refractivity contribution >= 4 is 17.5 Å². The van der Waals surface area contributed by atoms with Crippen LogP contribution >= 0.6 is 0 Å². The van der Waals surface area contributed by atoms with Crippen molar-refractivity contribution in [2.75, 3.05) is 25.0 Å². The Morgan fingerprint density at radius 1 is 1.12 bits per heavy atom. The summed E-state index contributed by atoms with van der Waals surface area (Å²) in [6.45, 7) is 5.34. The number of alkyl halides is 3. The molecule has 4 aromatic rings. The summed E-state index contributed by atoms with van der Waals surface area (Å²) in [5.74, 6) is 0.316. The fourth-order valence-corrected chi connectivity index (χ4v) is 4.75. The summed E-state index contributed by atoms with van der Waals surface area (Å²) in [5, 5.41) is 7.17. The van der Waals surface area contributed by atoms with E-state index in [1.807, 2.05) is 18.0 Å². The van der Waals surface area contributed by atoms with Gasteiger partial charge in [-0.1, -0.05) is 12.1 Å². The fourth-order valence-electron chi connectivity index (χ4n) is 4.75. The largest absolute Gasteiger partial charge is 0.492 e. The number of carbonyl (C=O) groups is 2. The van der Waals surface area contributed by atoms with Crippen LogP contribution in [0.15, 0.2) is 73.3 Å². The summed E-state index contributed by atoms with van der Waals surface area (Å²) in [7, 11) is 0. The molecule has 5 rings (SSSR count). The van der Waals surface area contributed by atoms with Gasteiger partial charge in [-0.3, -0.25) is 14.6 Å². The lowest BCUT2D eigenvalue weighted by Gasteiger charge is -2.15. The number of hydrogen-bond donors (Lipinski definition) is 1. The molecule has 1 fully saturated rings. The minimum atomic E-state index is -4.54. The molecule has 1 saturated heterocycles. The van der Waals surface area contributed by atoms with Gasteiger partial charge in [0.05, 0.1) is 24.1 Å². The number of pyridine rings is 1. The average Bonchev–Trinajstić information content (AvgIpc) is 3.63. The van der Waals surface area contributed by atoms with E-state index in [1.165, 1.54) is 12.1 Å². The summed E-state index contributed by atoms with van der Waals surface area (Å²) in [5.41, 5.74) is 2.49. The Bertz CT molecular complexity index is 1580. The quantitative estimate of drug-likeness (QED) is 0.309. The van der Waals surface area contributed by atoms with Gasteiger partial charge in [0.15, 0.2) is 0 Å². The highest BCUT2D eigenvalue weighted by molar-refractivity contribution is 6.04. The molecule has 1 N–H and O–H groups in total. The van der Waals surface area contributed by atoms with Crippen LogP contribution in [0.3, 0.4) is 0 Å². The van der Waals surface area contributed by atoms with Crippen LogP contribution in [0, 0.1) is 12.8 Å². The maximum absolute atomic E-state index is 13.1. The molecule has 0 bridgehead atoms. The highest BCUT2D eigenvalue weighted by Crippen LogP contribution is 2.32. The topological polar surface area (TPSA) is 89.3 Å². The lowest BCUT2D eigenvalue weighted by Crippen LogP contribution is -2.26. The smallest absolute Gasteiger partial charge is 0.416 e. The van der Waals surface area contributed by atoms with Crippen molar-refractivity contribution in [1.29, 1.82) is 0 Å². The predicted molar refractivity (Wildman–Crippen MR) is 147 cm³/mol. The molecule has 1 aliphatic heterocycles. The molecule has 2 aromatic carbocycles. The molecule has 0 aliphatic carbocycles. The zero-order chi connectivity index (χ0) is 29.1. The van der Waals surface area contributed by atoms with Crippen LogP contribution in [0.4, 0.5) is 18.9 Å². The maximum atomic E-state index is 13.1. The minimum absolute atomic E-state index is 0.0686. The molecule has 41 heavy (non-hydrogen) atoms. The number of aromatic nitrogens is 3. The van der Waals surface area contributed by atoms with Crippen molar-refractivity contribution in [2.45, 2.75) is 26.4 Å². The van der Waals surface area contributed by atoms with Crippen molar-refractivity contribution in [1.82, 2.24) is 19.7 Å². The average molecular weight is 564 g/mol. The SMILES string of the molecule is CC(=O)N1CCC(COc2ccncc2-c2cnn(-c3cc(NC(=O)c4cccc(C(F)(F)F)c4)ccc3C)c2)C1. The third-order valence-electron chi connectivity index (χ3n) is 7.05. The van der Waals surface area contributed by atoms with Gasteiger partial charge in [-0.2, -0.15) is 18.3 Å². The van der Waals surface area contributed by atoms with Crippen LogP contribution in [-0.4, -0.2) is 51.2 Å². The van der Waals surface area contributed by atoms with E-state index in [4.69, 9.17) is 4.74 Å². The third-order valence-corrected chi connectivity index (χ3v) is 7.05. The lowest BCUT2D eigenvalue weighted by atomic mass is 10.1. The van der Waals surface area contributed by atoms with Crippen molar-refractivity contribution in [3.05, 3.63) is 90.0 Å². The fraction of sp³-hybridized carbons (Fsp3) is 0.267. The van der Waals surface area contributed by atoms with Gasteiger partial charge in [-0.25, -0.2) is 4.68 Å². The van der Waals surface area contributed by atoms with E-state index in [9.17, 15) is 22.8 Å². The van der Waals surface area contributed by atoms with E-state index in [0.717, 1.165) is 41.8 Å². The maximum Gasteiger partial charge on any atom is 0.416 e. The normalized spacial score (nSPS) is 15.1. The van der Waals surface area contributed by atoms with E-state index in [1.54, 1.807) is 54.5 Å². The summed E-state index contributed by atoms with van der Waals surface area (Å²) in [6.07, 6.45) is 3.20. The summed E-state index contributed by atoms with van der Waals surface area (Å²) in [4.78, 5) is 30.4. The zero-order valence-corrected chi connectivity index (χ0v) is 22.5. The monoisotopic (exact) mass is 563 g/mol. The van der Waals surface area contributed by atoms with E-state index in [2.05, 4.69) is 15.4 Å². The van der Waals surface area contributed by atoms with Crippen molar-refractivity contribution in [3.8, 4) is 22.6 Å². The van der Waals surface area contributed by atoms with Crippen LogP contribution in [0.25, 0.3) is 16.8 Å². The van der Waals surface area contributed by atoms with E-state index in [-0.39, 0.29) is 17.4 Å². The molecular weight excluding hydrogens is 535 g/mol. The first kappa shape index (κ1) is 27.9.